The lowest BCUT2D eigenvalue weighted by atomic mass is 10.4. The monoisotopic (exact) mass is 214 g/mol. The SMILES string of the molecule is O=[C]OCc1ncccc1Br. The minimum absolute atomic E-state index is 0.158. The molecule has 1 rings (SSSR count). The van der Waals surface area contributed by atoms with E-state index in [9.17, 15) is 4.79 Å². The molecule has 0 amide bonds. The average Bonchev–Trinajstić information content (AvgIpc) is 2.03. The first-order valence-corrected chi connectivity index (χ1v) is 3.72. The van der Waals surface area contributed by atoms with Gasteiger partial charge in [0.15, 0.2) is 0 Å². The molecule has 11 heavy (non-hydrogen) atoms. The predicted octanol–water partition coefficient (Wildman–Crippen LogP) is 1.43. The summed E-state index contributed by atoms with van der Waals surface area (Å²) in [6.45, 7) is 1.49. The van der Waals surface area contributed by atoms with Crippen LogP contribution in [0.2, 0.25) is 0 Å². The standard InChI is InChI=1S/C7H5BrNO2/c8-6-2-1-3-9-7(6)4-11-5-10/h1-3H,4H2. The van der Waals surface area contributed by atoms with Crippen molar-refractivity contribution in [2.45, 2.75) is 6.61 Å². The van der Waals surface area contributed by atoms with Gasteiger partial charge >= 0.3 is 6.47 Å². The molecular weight excluding hydrogens is 210 g/mol. The Bertz CT molecular complexity index is 252. The second-order valence-electron chi connectivity index (χ2n) is 1.80. The molecule has 0 N–H and O–H groups in total. The third-order valence-electron chi connectivity index (χ3n) is 1.10. The van der Waals surface area contributed by atoms with E-state index in [4.69, 9.17) is 0 Å². The Morgan fingerprint density at radius 1 is 1.73 bits per heavy atom. The number of ether oxygens (including phenoxy) is 1. The topological polar surface area (TPSA) is 39.2 Å². The molecule has 0 spiro atoms. The number of rotatable bonds is 3. The quantitative estimate of drug-likeness (QED) is 0.765. The maximum absolute atomic E-state index is 9.70. The van der Waals surface area contributed by atoms with E-state index >= 15 is 0 Å². The van der Waals surface area contributed by atoms with Crippen LogP contribution in [0.5, 0.6) is 0 Å². The molecule has 4 heteroatoms. The number of aromatic nitrogens is 1. The zero-order valence-corrected chi connectivity index (χ0v) is 7.17. The van der Waals surface area contributed by atoms with Crippen molar-refractivity contribution in [2.24, 2.45) is 0 Å². The molecule has 0 unspecified atom stereocenters. The van der Waals surface area contributed by atoms with Gasteiger partial charge < -0.3 is 4.74 Å². The van der Waals surface area contributed by atoms with Crippen LogP contribution in [-0.4, -0.2) is 11.5 Å². The zero-order valence-electron chi connectivity index (χ0n) is 5.58. The molecule has 0 atom stereocenters. The van der Waals surface area contributed by atoms with Gasteiger partial charge in [0.05, 0.1) is 5.69 Å². The van der Waals surface area contributed by atoms with Gasteiger partial charge in [-0.3, -0.25) is 4.98 Å². The first-order chi connectivity index (χ1) is 5.34. The lowest BCUT2D eigenvalue weighted by molar-refractivity contribution is 0.262. The number of hydrogen-bond donors (Lipinski definition) is 0. The van der Waals surface area contributed by atoms with Crippen molar-refractivity contribution in [3.63, 3.8) is 0 Å². The van der Waals surface area contributed by atoms with Crippen molar-refractivity contribution in [3.05, 3.63) is 28.5 Å². The van der Waals surface area contributed by atoms with Gasteiger partial charge in [-0.05, 0) is 28.1 Å². The highest BCUT2D eigenvalue weighted by Crippen LogP contribution is 2.13. The van der Waals surface area contributed by atoms with E-state index < -0.39 is 0 Å². The first-order valence-electron chi connectivity index (χ1n) is 2.93. The summed E-state index contributed by atoms with van der Waals surface area (Å²) < 4.78 is 5.23. The Kier molecular flexibility index (Phi) is 3.04. The number of halogens is 1. The van der Waals surface area contributed by atoms with Crippen molar-refractivity contribution >= 4 is 22.4 Å². The fraction of sp³-hybridized carbons (Fsp3) is 0.143. The van der Waals surface area contributed by atoms with Gasteiger partial charge in [0.1, 0.15) is 6.61 Å². The van der Waals surface area contributed by atoms with E-state index in [2.05, 4.69) is 25.7 Å². The maximum atomic E-state index is 9.70. The van der Waals surface area contributed by atoms with Crippen LogP contribution in [-0.2, 0) is 16.1 Å². The third kappa shape index (κ3) is 2.31. The number of hydrogen-bond acceptors (Lipinski definition) is 3. The van der Waals surface area contributed by atoms with Gasteiger partial charge in [-0.15, -0.1) is 0 Å². The van der Waals surface area contributed by atoms with E-state index in [0.29, 0.717) is 5.69 Å². The second-order valence-corrected chi connectivity index (χ2v) is 2.66. The van der Waals surface area contributed by atoms with Crippen LogP contribution in [0, 0.1) is 0 Å². The molecule has 0 aliphatic rings. The Hall–Kier alpha value is -0.900. The van der Waals surface area contributed by atoms with Crippen molar-refractivity contribution in [2.75, 3.05) is 0 Å². The van der Waals surface area contributed by atoms with Crippen LogP contribution in [0.15, 0.2) is 22.8 Å². The minimum Gasteiger partial charge on any atom is -0.451 e. The van der Waals surface area contributed by atoms with E-state index in [1.165, 1.54) is 6.47 Å². The maximum Gasteiger partial charge on any atom is 0.417 e. The van der Waals surface area contributed by atoms with Gasteiger partial charge in [0, 0.05) is 10.7 Å². The fourth-order valence-electron chi connectivity index (χ4n) is 0.622. The molecular formula is C7H5BrNO2. The largest absolute Gasteiger partial charge is 0.451 e. The smallest absolute Gasteiger partial charge is 0.417 e. The van der Waals surface area contributed by atoms with E-state index in [1.54, 1.807) is 12.3 Å². The molecule has 0 aromatic carbocycles. The highest BCUT2D eigenvalue weighted by molar-refractivity contribution is 9.10. The summed E-state index contributed by atoms with van der Waals surface area (Å²) in [4.78, 5) is 13.7. The number of pyridine rings is 1. The van der Waals surface area contributed by atoms with Crippen molar-refractivity contribution in [3.8, 4) is 0 Å². The molecule has 3 nitrogen and oxygen atoms in total. The first kappa shape index (κ1) is 8.20. The lowest BCUT2D eigenvalue weighted by Crippen LogP contribution is -1.94. The summed E-state index contributed by atoms with van der Waals surface area (Å²) in [5, 5.41) is 0. The molecule has 0 bridgehead atoms. The van der Waals surface area contributed by atoms with E-state index in [0.717, 1.165) is 4.47 Å². The zero-order chi connectivity index (χ0) is 8.10. The summed E-state index contributed by atoms with van der Waals surface area (Å²) in [6, 6.07) is 3.62. The number of nitrogens with zero attached hydrogens (tertiary/aromatic N) is 1. The Morgan fingerprint density at radius 2 is 2.55 bits per heavy atom. The summed E-state index contributed by atoms with van der Waals surface area (Å²) in [5.74, 6) is 0. The third-order valence-corrected chi connectivity index (χ3v) is 1.82. The molecule has 57 valence electrons. The van der Waals surface area contributed by atoms with Crippen LogP contribution >= 0.6 is 15.9 Å². The van der Waals surface area contributed by atoms with Gasteiger partial charge in [-0.1, -0.05) is 0 Å². The van der Waals surface area contributed by atoms with E-state index in [1.807, 2.05) is 6.07 Å². The normalized spacial score (nSPS) is 9.18. The van der Waals surface area contributed by atoms with Crippen molar-refractivity contribution in [1.29, 1.82) is 0 Å². The summed E-state index contributed by atoms with van der Waals surface area (Å²) in [6.07, 6.45) is 1.63. The molecule has 0 aliphatic heterocycles. The highest BCUT2D eigenvalue weighted by atomic mass is 79.9. The fourth-order valence-corrected chi connectivity index (χ4v) is 0.992. The lowest BCUT2D eigenvalue weighted by Gasteiger charge is -1.98. The molecule has 1 heterocycles. The van der Waals surface area contributed by atoms with Gasteiger partial charge in [0.2, 0.25) is 0 Å². The van der Waals surface area contributed by atoms with Crippen molar-refractivity contribution < 1.29 is 9.53 Å². The molecule has 0 fully saturated rings. The summed E-state index contributed by atoms with van der Waals surface area (Å²) in [5.41, 5.74) is 0.691. The average molecular weight is 215 g/mol. The molecule has 1 aromatic heterocycles. The van der Waals surface area contributed by atoms with Crippen LogP contribution in [0.4, 0.5) is 0 Å². The summed E-state index contributed by atoms with van der Waals surface area (Å²) >= 11 is 3.25. The molecule has 0 aliphatic carbocycles. The molecule has 0 saturated heterocycles. The van der Waals surface area contributed by atoms with Crippen LogP contribution in [0.25, 0.3) is 0 Å². The van der Waals surface area contributed by atoms with Crippen LogP contribution in [0.3, 0.4) is 0 Å². The second kappa shape index (κ2) is 4.08. The Balaban J connectivity index is 2.69. The molecule has 0 saturated carbocycles. The van der Waals surface area contributed by atoms with Crippen LogP contribution < -0.4 is 0 Å². The highest BCUT2D eigenvalue weighted by Gasteiger charge is 1.98. The minimum atomic E-state index is 0.158. The Labute approximate surface area is 72.5 Å². The Morgan fingerprint density at radius 3 is 3.18 bits per heavy atom. The van der Waals surface area contributed by atoms with Gasteiger partial charge in [-0.25, -0.2) is 4.79 Å². The molecule has 1 radical (unpaired) electrons. The van der Waals surface area contributed by atoms with Crippen LogP contribution in [0.1, 0.15) is 5.69 Å². The summed E-state index contributed by atoms with van der Waals surface area (Å²) in [7, 11) is 0. The predicted molar refractivity (Wildman–Crippen MR) is 42.4 cm³/mol. The van der Waals surface area contributed by atoms with Gasteiger partial charge in [0.25, 0.3) is 0 Å². The van der Waals surface area contributed by atoms with E-state index in [-0.39, 0.29) is 6.61 Å². The van der Waals surface area contributed by atoms with Crippen molar-refractivity contribution in [1.82, 2.24) is 4.98 Å². The molecule has 1 aromatic rings. The van der Waals surface area contributed by atoms with Gasteiger partial charge in [-0.2, -0.15) is 0 Å². The number of carbonyl (C=O) groups excluding carboxylic acids is 1.